The van der Waals surface area contributed by atoms with Gasteiger partial charge in [0.1, 0.15) is 4.88 Å². The Bertz CT molecular complexity index is 738. The summed E-state index contributed by atoms with van der Waals surface area (Å²) in [5.41, 5.74) is 1.72. The van der Waals surface area contributed by atoms with Gasteiger partial charge in [0.25, 0.3) is 5.91 Å². The van der Waals surface area contributed by atoms with Crippen LogP contribution in [0.15, 0.2) is 30.3 Å². The number of rotatable bonds is 5. The summed E-state index contributed by atoms with van der Waals surface area (Å²) in [7, 11) is 0. The Kier molecular flexibility index (Phi) is 5.48. The Labute approximate surface area is 157 Å². The molecule has 0 spiro atoms. The third-order valence-electron chi connectivity index (χ3n) is 4.67. The molecule has 2 aromatic rings. The molecule has 1 atom stereocenters. The van der Waals surface area contributed by atoms with Gasteiger partial charge in [-0.2, -0.15) is 0 Å². The van der Waals surface area contributed by atoms with Crippen LogP contribution < -0.4 is 10.2 Å². The van der Waals surface area contributed by atoms with E-state index in [1.165, 1.54) is 11.3 Å². The van der Waals surface area contributed by atoms with E-state index in [2.05, 4.69) is 10.2 Å². The summed E-state index contributed by atoms with van der Waals surface area (Å²) in [6.45, 7) is 4.34. The molecule has 26 heavy (non-hydrogen) atoms. The second-order valence-electron chi connectivity index (χ2n) is 6.48. The first kappa shape index (κ1) is 17.5. The van der Waals surface area contributed by atoms with Crippen molar-refractivity contribution in [1.82, 2.24) is 10.3 Å². The third kappa shape index (κ3) is 3.90. The van der Waals surface area contributed by atoms with Gasteiger partial charge < -0.3 is 19.7 Å². The van der Waals surface area contributed by atoms with E-state index in [0.717, 1.165) is 48.9 Å². The zero-order valence-corrected chi connectivity index (χ0v) is 15.5. The summed E-state index contributed by atoms with van der Waals surface area (Å²) in [6.07, 6.45) is 2.20. The minimum atomic E-state index is -0.0728. The predicted molar refractivity (Wildman–Crippen MR) is 102 cm³/mol. The van der Waals surface area contributed by atoms with Crippen LogP contribution in [-0.4, -0.2) is 56.5 Å². The molecule has 1 unspecified atom stereocenters. The van der Waals surface area contributed by atoms with Crippen LogP contribution >= 0.6 is 11.3 Å². The molecular weight excluding hydrogens is 350 g/mol. The molecule has 0 bridgehead atoms. The summed E-state index contributed by atoms with van der Waals surface area (Å²) >= 11 is 1.46. The second kappa shape index (κ2) is 8.16. The molecule has 7 heteroatoms. The molecule has 2 saturated heterocycles. The topological polar surface area (TPSA) is 63.7 Å². The van der Waals surface area contributed by atoms with E-state index in [1.54, 1.807) is 0 Å². The third-order valence-corrected chi connectivity index (χ3v) is 5.78. The van der Waals surface area contributed by atoms with Gasteiger partial charge in [0.05, 0.1) is 25.0 Å². The molecule has 1 N–H and O–H groups in total. The molecule has 0 saturated carbocycles. The Morgan fingerprint density at radius 2 is 2.04 bits per heavy atom. The second-order valence-corrected chi connectivity index (χ2v) is 7.46. The van der Waals surface area contributed by atoms with E-state index in [1.807, 2.05) is 30.3 Å². The molecule has 1 aromatic heterocycles. The maximum atomic E-state index is 12.9. The number of ether oxygens (including phenoxy) is 2. The highest BCUT2D eigenvalue weighted by atomic mass is 32.1. The van der Waals surface area contributed by atoms with Gasteiger partial charge in [0.15, 0.2) is 5.13 Å². The van der Waals surface area contributed by atoms with Gasteiger partial charge in [-0.3, -0.25) is 4.79 Å². The lowest BCUT2D eigenvalue weighted by Crippen LogP contribution is -2.36. The summed E-state index contributed by atoms with van der Waals surface area (Å²) in [5.74, 6) is -0.0728. The van der Waals surface area contributed by atoms with Crippen LogP contribution in [0.25, 0.3) is 11.3 Å². The maximum Gasteiger partial charge on any atom is 0.263 e. The van der Waals surface area contributed by atoms with Crippen molar-refractivity contribution in [2.75, 3.05) is 44.4 Å². The van der Waals surface area contributed by atoms with E-state index >= 15 is 0 Å². The highest BCUT2D eigenvalue weighted by molar-refractivity contribution is 7.18. The molecule has 0 radical (unpaired) electrons. The summed E-state index contributed by atoms with van der Waals surface area (Å²) in [6, 6.07) is 9.90. The summed E-state index contributed by atoms with van der Waals surface area (Å²) in [4.78, 5) is 20.5. The number of aromatic nitrogens is 1. The van der Waals surface area contributed by atoms with Crippen LogP contribution in [0.5, 0.6) is 0 Å². The number of morpholine rings is 1. The number of benzene rings is 1. The number of carbonyl (C=O) groups is 1. The van der Waals surface area contributed by atoms with Gasteiger partial charge in [-0.1, -0.05) is 41.7 Å². The Balaban J connectivity index is 1.58. The van der Waals surface area contributed by atoms with Gasteiger partial charge in [0, 0.05) is 31.8 Å². The lowest BCUT2D eigenvalue weighted by molar-refractivity contribution is 0.0861. The smallest absolute Gasteiger partial charge is 0.263 e. The largest absolute Gasteiger partial charge is 0.378 e. The van der Waals surface area contributed by atoms with E-state index in [4.69, 9.17) is 14.5 Å². The number of nitrogens with zero attached hydrogens (tertiary/aromatic N) is 2. The van der Waals surface area contributed by atoms with Gasteiger partial charge in [0.2, 0.25) is 0 Å². The Hall–Kier alpha value is -1.96. The number of carbonyl (C=O) groups excluding carboxylic acids is 1. The molecule has 138 valence electrons. The van der Waals surface area contributed by atoms with Crippen molar-refractivity contribution in [2.24, 2.45) is 0 Å². The van der Waals surface area contributed by atoms with Crippen molar-refractivity contribution in [2.45, 2.75) is 18.9 Å². The van der Waals surface area contributed by atoms with Crippen molar-refractivity contribution in [3.63, 3.8) is 0 Å². The lowest BCUT2D eigenvalue weighted by atomic mass is 10.1. The Morgan fingerprint density at radius 3 is 2.77 bits per heavy atom. The molecule has 1 aromatic carbocycles. The van der Waals surface area contributed by atoms with Crippen LogP contribution in [0, 0.1) is 0 Å². The highest BCUT2D eigenvalue weighted by Gasteiger charge is 2.24. The Morgan fingerprint density at radius 1 is 1.23 bits per heavy atom. The number of hydrogen-bond donors (Lipinski definition) is 1. The molecule has 2 aliphatic heterocycles. The van der Waals surface area contributed by atoms with Crippen molar-refractivity contribution in [1.29, 1.82) is 0 Å². The van der Waals surface area contributed by atoms with Crippen molar-refractivity contribution in [3.8, 4) is 11.3 Å². The fourth-order valence-corrected chi connectivity index (χ4v) is 4.29. The first-order valence-electron chi connectivity index (χ1n) is 9.10. The van der Waals surface area contributed by atoms with E-state index in [0.29, 0.717) is 24.6 Å². The number of nitrogens with one attached hydrogen (secondary N) is 1. The average Bonchev–Trinajstić information content (AvgIpc) is 3.37. The minimum Gasteiger partial charge on any atom is -0.378 e. The number of thiazole rings is 1. The van der Waals surface area contributed by atoms with Crippen molar-refractivity contribution in [3.05, 3.63) is 35.2 Å². The monoisotopic (exact) mass is 373 g/mol. The molecule has 2 aliphatic rings. The van der Waals surface area contributed by atoms with Crippen molar-refractivity contribution < 1.29 is 14.3 Å². The SMILES string of the molecule is O=C(NCC1CCCO1)c1sc(N2CCOCC2)nc1-c1ccccc1. The number of amides is 1. The minimum absolute atomic E-state index is 0.0728. The molecule has 4 rings (SSSR count). The molecule has 0 aliphatic carbocycles. The zero-order valence-electron chi connectivity index (χ0n) is 14.6. The molecule has 1 amide bonds. The molecule has 2 fully saturated rings. The van der Waals surface area contributed by atoms with E-state index in [9.17, 15) is 4.79 Å². The fourth-order valence-electron chi connectivity index (χ4n) is 3.24. The maximum absolute atomic E-state index is 12.9. The number of anilines is 1. The van der Waals surface area contributed by atoms with Crippen LogP contribution in [0.1, 0.15) is 22.5 Å². The van der Waals surface area contributed by atoms with Gasteiger partial charge >= 0.3 is 0 Å². The molecular formula is C19H23N3O3S. The van der Waals surface area contributed by atoms with Gasteiger partial charge in [-0.15, -0.1) is 0 Å². The quantitative estimate of drug-likeness (QED) is 0.873. The van der Waals surface area contributed by atoms with Gasteiger partial charge in [-0.05, 0) is 12.8 Å². The first-order chi connectivity index (χ1) is 12.8. The standard InChI is InChI=1S/C19H23N3O3S/c23-18(20-13-15-7-4-10-25-15)17-16(14-5-2-1-3-6-14)21-19(26-17)22-8-11-24-12-9-22/h1-3,5-6,15H,4,7-13H2,(H,20,23). The normalized spacial score (nSPS) is 20.3. The highest BCUT2D eigenvalue weighted by Crippen LogP contribution is 2.33. The average molecular weight is 373 g/mol. The van der Waals surface area contributed by atoms with Crippen LogP contribution in [0.2, 0.25) is 0 Å². The van der Waals surface area contributed by atoms with Gasteiger partial charge in [-0.25, -0.2) is 4.98 Å². The van der Waals surface area contributed by atoms with Crippen molar-refractivity contribution >= 4 is 22.4 Å². The zero-order chi connectivity index (χ0) is 17.8. The summed E-state index contributed by atoms with van der Waals surface area (Å²) in [5, 5.41) is 3.91. The lowest BCUT2D eigenvalue weighted by Gasteiger charge is -2.26. The molecule has 3 heterocycles. The van der Waals surface area contributed by atoms with E-state index in [-0.39, 0.29) is 12.0 Å². The van der Waals surface area contributed by atoms with E-state index < -0.39 is 0 Å². The first-order valence-corrected chi connectivity index (χ1v) is 9.91. The fraction of sp³-hybridized carbons (Fsp3) is 0.474. The molecule has 6 nitrogen and oxygen atoms in total. The predicted octanol–water partition coefficient (Wildman–Crippen LogP) is 2.56. The van der Waals surface area contributed by atoms with Crippen LogP contribution in [0.4, 0.5) is 5.13 Å². The number of hydrogen-bond acceptors (Lipinski definition) is 6. The summed E-state index contributed by atoms with van der Waals surface area (Å²) < 4.78 is 11.0. The van der Waals surface area contributed by atoms with Crippen LogP contribution in [-0.2, 0) is 9.47 Å². The van der Waals surface area contributed by atoms with Crippen LogP contribution in [0.3, 0.4) is 0 Å².